The van der Waals surface area contributed by atoms with Crippen LogP contribution in [0.25, 0.3) is 0 Å². The van der Waals surface area contributed by atoms with Crippen LogP contribution in [-0.4, -0.2) is 29.8 Å². The average Bonchev–Trinajstić information content (AvgIpc) is 2.16. The first-order valence-corrected chi connectivity index (χ1v) is 4.08. The van der Waals surface area contributed by atoms with E-state index in [1.165, 1.54) is 0 Å². The lowest BCUT2D eigenvalue weighted by atomic mass is 10.2. The Bertz CT molecular complexity index is 321. The zero-order chi connectivity index (χ0) is 13.9. The second-order valence-electron chi connectivity index (χ2n) is 3.65. The van der Waals surface area contributed by atoms with E-state index in [0.717, 1.165) is 0 Å². The summed E-state index contributed by atoms with van der Waals surface area (Å²) in [6.07, 6.45) is -11.8. The fourth-order valence-corrected chi connectivity index (χ4v) is 1.06. The van der Waals surface area contributed by atoms with Gasteiger partial charge in [-0.15, -0.1) is 0 Å². The van der Waals surface area contributed by atoms with Gasteiger partial charge in [-0.2, -0.15) is 26.3 Å². The predicted octanol–water partition coefficient (Wildman–Crippen LogP) is 3.23. The van der Waals surface area contributed by atoms with Crippen LogP contribution >= 0.6 is 0 Å². The van der Waals surface area contributed by atoms with Crippen molar-refractivity contribution in [2.75, 3.05) is 0 Å². The van der Waals surface area contributed by atoms with Crippen LogP contribution in [-0.2, 0) is 9.47 Å². The third-order valence-corrected chi connectivity index (χ3v) is 2.19. The molecule has 0 N–H and O–H groups in total. The summed E-state index contributed by atoms with van der Waals surface area (Å²) in [6, 6.07) is 0. The van der Waals surface area contributed by atoms with Crippen LogP contribution in [0.1, 0.15) is 13.8 Å². The predicted molar refractivity (Wildman–Crippen MR) is 36.0 cm³/mol. The van der Waals surface area contributed by atoms with Gasteiger partial charge in [-0.25, -0.2) is 8.78 Å². The Labute approximate surface area is 89.5 Å². The first-order valence-electron chi connectivity index (χ1n) is 4.08. The minimum absolute atomic E-state index is 0.0365. The second kappa shape index (κ2) is 3.22. The Morgan fingerprint density at radius 3 is 1.47 bits per heavy atom. The maximum absolute atomic E-state index is 13.1. The van der Waals surface area contributed by atoms with Crippen molar-refractivity contribution in [2.24, 2.45) is 0 Å². The fourth-order valence-electron chi connectivity index (χ4n) is 1.06. The van der Waals surface area contributed by atoms with Crippen molar-refractivity contribution in [2.45, 2.75) is 43.7 Å². The Balaban J connectivity index is 3.24. The molecule has 0 aliphatic carbocycles. The van der Waals surface area contributed by atoms with E-state index in [1.54, 1.807) is 0 Å². The molecule has 1 heterocycles. The standard InChI is InChI=1S/C7H6F8O2/c1-3(8,9)4(2)16-5(10,6(11,12)13)7(14,15)17-4/h1-2H3. The summed E-state index contributed by atoms with van der Waals surface area (Å²) >= 11 is 0. The molecule has 0 amide bonds. The minimum atomic E-state index is -6.22. The number of hydrogen-bond acceptors (Lipinski definition) is 2. The molecule has 0 bridgehead atoms. The molecule has 1 rings (SSSR count). The molecule has 2 unspecified atom stereocenters. The fraction of sp³-hybridized carbons (Fsp3) is 1.00. The lowest BCUT2D eigenvalue weighted by molar-refractivity contribution is -0.395. The summed E-state index contributed by atoms with van der Waals surface area (Å²) in [5.74, 6) is -13.6. The van der Waals surface area contributed by atoms with Gasteiger partial charge in [0.1, 0.15) is 0 Å². The van der Waals surface area contributed by atoms with Crippen molar-refractivity contribution in [1.29, 1.82) is 0 Å². The van der Waals surface area contributed by atoms with Gasteiger partial charge in [0, 0.05) is 6.92 Å². The molecule has 1 aliphatic rings. The summed E-state index contributed by atoms with van der Waals surface area (Å²) < 4.78 is 107. The first kappa shape index (κ1) is 14.4. The van der Waals surface area contributed by atoms with Gasteiger partial charge in [0.2, 0.25) is 5.79 Å². The van der Waals surface area contributed by atoms with Crippen molar-refractivity contribution >= 4 is 0 Å². The lowest BCUT2D eigenvalue weighted by Crippen LogP contribution is -2.53. The van der Waals surface area contributed by atoms with Crippen LogP contribution in [0.15, 0.2) is 0 Å². The van der Waals surface area contributed by atoms with Gasteiger partial charge >= 0.3 is 18.1 Å². The maximum Gasteiger partial charge on any atom is 0.458 e. The number of rotatable bonds is 1. The molecule has 1 fully saturated rings. The summed E-state index contributed by atoms with van der Waals surface area (Å²) in [7, 11) is 0. The molecule has 0 saturated carbocycles. The van der Waals surface area contributed by atoms with E-state index >= 15 is 0 Å². The maximum atomic E-state index is 13.1. The third-order valence-electron chi connectivity index (χ3n) is 2.19. The normalized spacial score (nSPS) is 38.5. The zero-order valence-corrected chi connectivity index (χ0v) is 8.34. The Hall–Kier alpha value is -0.640. The Morgan fingerprint density at radius 2 is 1.29 bits per heavy atom. The highest BCUT2D eigenvalue weighted by Crippen LogP contribution is 2.58. The van der Waals surface area contributed by atoms with Gasteiger partial charge in [0.25, 0.3) is 5.92 Å². The molecule has 1 aliphatic heterocycles. The zero-order valence-electron chi connectivity index (χ0n) is 8.34. The van der Waals surface area contributed by atoms with E-state index < -0.39 is 29.8 Å². The molecular formula is C7H6F8O2. The largest absolute Gasteiger partial charge is 0.458 e. The van der Waals surface area contributed by atoms with Crippen molar-refractivity contribution in [3.63, 3.8) is 0 Å². The molecule has 0 radical (unpaired) electrons. The van der Waals surface area contributed by atoms with E-state index in [2.05, 4.69) is 9.47 Å². The highest BCUT2D eigenvalue weighted by atomic mass is 19.4. The van der Waals surface area contributed by atoms with Crippen LogP contribution in [0, 0.1) is 0 Å². The molecule has 10 heteroatoms. The van der Waals surface area contributed by atoms with E-state index in [-0.39, 0.29) is 13.8 Å². The van der Waals surface area contributed by atoms with Crippen LogP contribution in [0.5, 0.6) is 0 Å². The van der Waals surface area contributed by atoms with Gasteiger partial charge < -0.3 is 0 Å². The van der Waals surface area contributed by atoms with Crippen LogP contribution in [0.2, 0.25) is 0 Å². The highest BCUT2D eigenvalue weighted by Gasteiger charge is 2.84. The van der Waals surface area contributed by atoms with Gasteiger partial charge in [0.05, 0.1) is 0 Å². The molecule has 0 aromatic heterocycles. The lowest BCUT2D eigenvalue weighted by Gasteiger charge is -2.29. The highest BCUT2D eigenvalue weighted by molar-refractivity contribution is 4.98. The molecule has 2 nitrogen and oxygen atoms in total. The van der Waals surface area contributed by atoms with E-state index in [9.17, 15) is 35.1 Å². The quantitative estimate of drug-likeness (QED) is 0.683. The van der Waals surface area contributed by atoms with Crippen molar-refractivity contribution in [1.82, 2.24) is 0 Å². The summed E-state index contributed by atoms with van der Waals surface area (Å²) in [6.45, 7) is 0.0547. The summed E-state index contributed by atoms with van der Waals surface area (Å²) in [5, 5.41) is 0. The van der Waals surface area contributed by atoms with E-state index in [0.29, 0.717) is 0 Å². The summed E-state index contributed by atoms with van der Waals surface area (Å²) in [4.78, 5) is 0. The van der Waals surface area contributed by atoms with E-state index in [4.69, 9.17) is 0 Å². The summed E-state index contributed by atoms with van der Waals surface area (Å²) in [5.41, 5.74) is 0. The Morgan fingerprint density at radius 1 is 0.882 bits per heavy atom. The SMILES string of the molecule is CC(F)(F)C1(C)OC(F)(F)C(F)(C(F)(F)F)O1. The topological polar surface area (TPSA) is 18.5 Å². The molecule has 0 aromatic carbocycles. The first-order chi connectivity index (χ1) is 7.16. The van der Waals surface area contributed by atoms with Gasteiger partial charge in [-0.3, -0.25) is 9.47 Å². The van der Waals surface area contributed by atoms with Gasteiger partial charge in [-0.1, -0.05) is 0 Å². The molecule has 102 valence electrons. The number of halogens is 8. The molecule has 0 spiro atoms. The third kappa shape index (κ3) is 1.86. The van der Waals surface area contributed by atoms with Crippen molar-refractivity contribution < 1.29 is 44.6 Å². The van der Waals surface area contributed by atoms with Crippen molar-refractivity contribution in [3.8, 4) is 0 Å². The molecule has 1 saturated heterocycles. The number of hydrogen-bond donors (Lipinski definition) is 0. The van der Waals surface area contributed by atoms with Crippen LogP contribution < -0.4 is 0 Å². The van der Waals surface area contributed by atoms with Crippen molar-refractivity contribution in [3.05, 3.63) is 0 Å². The van der Waals surface area contributed by atoms with Crippen LogP contribution in [0.4, 0.5) is 35.1 Å². The molecular weight excluding hydrogens is 268 g/mol. The van der Waals surface area contributed by atoms with Crippen LogP contribution in [0.3, 0.4) is 0 Å². The molecule has 17 heavy (non-hydrogen) atoms. The Kier molecular flexibility index (Phi) is 2.73. The number of alkyl halides is 8. The smallest absolute Gasteiger partial charge is 0.293 e. The van der Waals surface area contributed by atoms with E-state index in [1.807, 2.05) is 0 Å². The van der Waals surface area contributed by atoms with Gasteiger partial charge in [0.15, 0.2) is 0 Å². The molecule has 0 aromatic rings. The molecule has 2 atom stereocenters. The second-order valence-corrected chi connectivity index (χ2v) is 3.65. The average molecular weight is 274 g/mol. The number of ether oxygens (including phenoxy) is 2. The minimum Gasteiger partial charge on any atom is -0.293 e. The monoisotopic (exact) mass is 274 g/mol. The van der Waals surface area contributed by atoms with Gasteiger partial charge in [-0.05, 0) is 6.92 Å².